The minimum Gasteiger partial charge on any atom is -0.390 e. The van der Waals surface area contributed by atoms with Crippen molar-refractivity contribution in [2.24, 2.45) is 0 Å². The van der Waals surface area contributed by atoms with E-state index in [0.717, 1.165) is 6.42 Å². The Labute approximate surface area is 89.4 Å². The number of aliphatic hydroxyl groups excluding tert-OH is 2. The summed E-state index contributed by atoms with van der Waals surface area (Å²) in [6, 6.07) is 6.30. The van der Waals surface area contributed by atoms with E-state index in [1.54, 1.807) is 18.2 Å². The molecular formula is C12H17FO2. The number of hydrogen-bond acceptors (Lipinski definition) is 2. The third kappa shape index (κ3) is 3.61. The van der Waals surface area contributed by atoms with Crippen molar-refractivity contribution in [1.29, 1.82) is 0 Å². The number of aliphatic hydroxyl groups is 2. The Balaban J connectivity index is 2.58. The van der Waals surface area contributed by atoms with E-state index in [-0.39, 0.29) is 12.2 Å². The molecule has 2 N–H and O–H groups in total. The van der Waals surface area contributed by atoms with E-state index >= 15 is 0 Å². The lowest BCUT2D eigenvalue weighted by Gasteiger charge is -2.17. The molecule has 0 amide bonds. The van der Waals surface area contributed by atoms with Crippen molar-refractivity contribution in [2.45, 2.75) is 38.4 Å². The second-order valence-corrected chi connectivity index (χ2v) is 3.72. The lowest BCUT2D eigenvalue weighted by molar-refractivity contribution is 0.0144. The fourth-order valence-electron chi connectivity index (χ4n) is 1.51. The maximum atomic E-state index is 13.2. The molecule has 0 bridgehead atoms. The van der Waals surface area contributed by atoms with Crippen molar-refractivity contribution in [2.75, 3.05) is 0 Å². The van der Waals surface area contributed by atoms with Gasteiger partial charge >= 0.3 is 0 Å². The van der Waals surface area contributed by atoms with Crippen LogP contribution in [0.25, 0.3) is 0 Å². The Hall–Kier alpha value is -0.930. The van der Waals surface area contributed by atoms with E-state index in [2.05, 4.69) is 0 Å². The molecule has 0 saturated carbocycles. The summed E-state index contributed by atoms with van der Waals surface area (Å²) in [7, 11) is 0. The highest BCUT2D eigenvalue weighted by molar-refractivity contribution is 5.18. The summed E-state index contributed by atoms with van der Waals surface area (Å²) >= 11 is 0. The minimum atomic E-state index is -0.887. The van der Waals surface area contributed by atoms with E-state index in [1.165, 1.54) is 6.07 Å². The third-order valence-corrected chi connectivity index (χ3v) is 2.42. The van der Waals surface area contributed by atoms with Crippen molar-refractivity contribution in [3.8, 4) is 0 Å². The van der Waals surface area contributed by atoms with Crippen molar-refractivity contribution in [3.63, 3.8) is 0 Å². The Bertz CT molecular complexity index is 301. The van der Waals surface area contributed by atoms with Crippen LogP contribution in [-0.2, 0) is 6.42 Å². The molecule has 0 saturated heterocycles. The molecule has 0 aromatic heterocycles. The summed E-state index contributed by atoms with van der Waals surface area (Å²) in [5, 5.41) is 19.1. The molecule has 1 aromatic rings. The molecule has 0 spiro atoms. The van der Waals surface area contributed by atoms with Gasteiger partial charge in [-0.25, -0.2) is 4.39 Å². The Morgan fingerprint density at radius 1 is 1.20 bits per heavy atom. The monoisotopic (exact) mass is 212 g/mol. The first-order valence-electron chi connectivity index (χ1n) is 5.24. The zero-order valence-corrected chi connectivity index (χ0v) is 8.86. The van der Waals surface area contributed by atoms with E-state index < -0.39 is 12.2 Å². The molecule has 1 rings (SSSR count). The van der Waals surface area contributed by atoms with Gasteiger partial charge in [0, 0.05) is 6.42 Å². The first-order valence-corrected chi connectivity index (χ1v) is 5.24. The van der Waals surface area contributed by atoms with Crippen molar-refractivity contribution in [3.05, 3.63) is 35.6 Å². The summed E-state index contributed by atoms with van der Waals surface area (Å²) in [6.07, 6.45) is -0.157. The van der Waals surface area contributed by atoms with Crippen LogP contribution in [0, 0.1) is 5.82 Å². The molecule has 0 aliphatic rings. The third-order valence-electron chi connectivity index (χ3n) is 2.42. The summed E-state index contributed by atoms with van der Waals surface area (Å²) in [5.41, 5.74) is 0.445. The highest BCUT2D eigenvalue weighted by atomic mass is 19.1. The first-order chi connectivity index (χ1) is 7.15. The average molecular weight is 212 g/mol. The topological polar surface area (TPSA) is 40.5 Å². The number of hydrogen-bond donors (Lipinski definition) is 2. The van der Waals surface area contributed by atoms with Gasteiger partial charge in [0.15, 0.2) is 0 Å². The fourth-order valence-corrected chi connectivity index (χ4v) is 1.51. The molecule has 3 heteroatoms. The molecule has 0 aliphatic carbocycles. The zero-order chi connectivity index (χ0) is 11.3. The van der Waals surface area contributed by atoms with E-state index in [4.69, 9.17) is 0 Å². The normalized spacial score (nSPS) is 14.9. The summed E-state index contributed by atoms with van der Waals surface area (Å²) in [4.78, 5) is 0. The summed E-state index contributed by atoms with van der Waals surface area (Å²) in [6.45, 7) is 1.93. The van der Waals surface area contributed by atoms with Gasteiger partial charge in [-0.1, -0.05) is 31.5 Å². The second kappa shape index (κ2) is 5.83. The molecular weight excluding hydrogens is 195 g/mol. The van der Waals surface area contributed by atoms with Crippen molar-refractivity contribution < 1.29 is 14.6 Å². The van der Waals surface area contributed by atoms with E-state index in [9.17, 15) is 14.6 Å². The van der Waals surface area contributed by atoms with Crippen molar-refractivity contribution in [1.82, 2.24) is 0 Å². The molecule has 0 radical (unpaired) electrons. The van der Waals surface area contributed by atoms with Gasteiger partial charge < -0.3 is 10.2 Å². The summed E-state index contributed by atoms with van der Waals surface area (Å²) in [5.74, 6) is -0.333. The Morgan fingerprint density at radius 3 is 2.47 bits per heavy atom. The van der Waals surface area contributed by atoms with Gasteiger partial charge in [-0.05, 0) is 18.1 Å². The Morgan fingerprint density at radius 2 is 1.87 bits per heavy atom. The van der Waals surface area contributed by atoms with Crippen molar-refractivity contribution >= 4 is 0 Å². The molecule has 0 heterocycles. The van der Waals surface area contributed by atoms with Gasteiger partial charge in [-0.2, -0.15) is 0 Å². The molecule has 2 nitrogen and oxygen atoms in total. The van der Waals surface area contributed by atoms with Gasteiger partial charge in [0.05, 0.1) is 12.2 Å². The van der Waals surface area contributed by atoms with Gasteiger partial charge in [0.2, 0.25) is 0 Å². The average Bonchev–Trinajstić information content (AvgIpc) is 2.21. The van der Waals surface area contributed by atoms with E-state index in [1.807, 2.05) is 6.92 Å². The van der Waals surface area contributed by atoms with Gasteiger partial charge in [0.25, 0.3) is 0 Å². The predicted molar refractivity (Wildman–Crippen MR) is 57.0 cm³/mol. The SMILES string of the molecule is CCCC(O)C(O)Cc1ccccc1F. The fraction of sp³-hybridized carbons (Fsp3) is 0.500. The molecule has 2 atom stereocenters. The minimum absolute atomic E-state index is 0.161. The Kier molecular flexibility index (Phi) is 4.72. The highest BCUT2D eigenvalue weighted by Crippen LogP contribution is 2.12. The van der Waals surface area contributed by atoms with Crippen LogP contribution in [0.3, 0.4) is 0 Å². The number of benzene rings is 1. The van der Waals surface area contributed by atoms with Crippen LogP contribution in [0.15, 0.2) is 24.3 Å². The van der Waals surface area contributed by atoms with Gasteiger partial charge in [0.1, 0.15) is 5.82 Å². The summed E-state index contributed by atoms with van der Waals surface area (Å²) < 4.78 is 13.2. The van der Waals surface area contributed by atoms with Crippen LogP contribution < -0.4 is 0 Å². The van der Waals surface area contributed by atoms with E-state index in [0.29, 0.717) is 12.0 Å². The highest BCUT2D eigenvalue weighted by Gasteiger charge is 2.17. The standard InChI is InChI=1S/C12H17FO2/c1-2-5-11(14)12(15)8-9-6-3-4-7-10(9)13/h3-4,6-7,11-12,14-15H,2,5,8H2,1H3. The maximum Gasteiger partial charge on any atom is 0.126 e. The van der Waals surface area contributed by atoms with Crippen LogP contribution in [0.1, 0.15) is 25.3 Å². The van der Waals surface area contributed by atoms with Crippen LogP contribution in [-0.4, -0.2) is 22.4 Å². The quantitative estimate of drug-likeness (QED) is 0.782. The second-order valence-electron chi connectivity index (χ2n) is 3.72. The zero-order valence-electron chi connectivity index (χ0n) is 8.86. The smallest absolute Gasteiger partial charge is 0.126 e. The molecule has 0 fully saturated rings. The molecule has 2 unspecified atom stereocenters. The van der Waals surface area contributed by atoms with Crippen LogP contribution in [0.5, 0.6) is 0 Å². The molecule has 84 valence electrons. The first kappa shape index (κ1) is 12.1. The largest absolute Gasteiger partial charge is 0.390 e. The van der Waals surface area contributed by atoms with Crippen LogP contribution in [0.4, 0.5) is 4.39 Å². The molecule has 1 aromatic carbocycles. The molecule has 0 aliphatic heterocycles. The van der Waals surface area contributed by atoms with Gasteiger partial charge in [-0.15, -0.1) is 0 Å². The number of halogens is 1. The maximum absolute atomic E-state index is 13.2. The lowest BCUT2D eigenvalue weighted by Crippen LogP contribution is -2.28. The predicted octanol–water partition coefficient (Wildman–Crippen LogP) is 1.89. The lowest BCUT2D eigenvalue weighted by atomic mass is 10.0. The van der Waals surface area contributed by atoms with Gasteiger partial charge in [-0.3, -0.25) is 0 Å². The van der Waals surface area contributed by atoms with Crippen LogP contribution in [0.2, 0.25) is 0 Å². The molecule has 15 heavy (non-hydrogen) atoms. The number of rotatable bonds is 5. The van der Waals surface area contributed by atoms with Crippen LogP contribution >= 0.6 is 0 Å².